The van der Waals surface area contributed by atoms with Crippen molar-refractivity contribution in [2.45, 2.75) is 19.4 Å². The van der Waals surface area contributed by atoms with E-state index < -0.39 is 16.5 Å². The first-order valence-corrected chi connectivity index (χ1v) is 4.21. The van der Waals surface area contributed by atoms with Gasteiger partial charge in [0.15, 0.2) is 11.0 Å². The molecule has 0 aromatic carbocycles. The highest BCUT2D eigenvalue weighted by Gasteiger charge is 2.36. The van der Waals surface area contributed by atoms with Crippen LogP contribution in [0.2, 0.25) is 0 Å². The van der Waals surface area contributed by atoms with Crippen LogP contribution in [-0.4, -0.2) is 16.3 Å². The molecule has 0 aliphatic carbocycles. The molecule has 0 aromatic heterocycles. The molecule has 0 rings (SSSR count). The Hall–Kier alpha value is -0.100. The van der Waals surface area contributed by atoms with E-state index in [1.165, 1.54) is 0 Å². The average Bonchev–Trinajstić information content (AvgIpc) is 1.80. The smallest absolute Gasteiger partial charge is 0.234 e. The van der Waals surface area contributed by atoms with E-state index in [2.05, 4.69) is 0 Å². The molecule has 0 radical (unpaired) electrons. The highest BCUT2D eigenvalue weighted by atomic mass is 32.2. The summed E-state index contributed by atoms with van der Waals surface area (Å²) in [6.07, 6.45) is 0. The van der Waals surface area contributed by atoms with E-state index in [9.17, 15) is 17.4 Å². The van der Waals surface area contributed by atoms with E-state index in [1.54, 1.807) is 13.8 Å². The summed E-state index contributed by atoms with van der Waals surface area (Å²) >= 11 is 0. The predicted molar refractivity (Wildman–Crippen MR) is 37.0 cm³/mol. The molecule has 0 fully saturated rings. The van der Waals surface area contributed by atoms with Crippen molar-refractivity contribution >= 4 is 11.0 Å². The van der Waals surface area contributed by atoms with Gasteiger partial charge in [0.05, 0.1) is 0 Å². The molecular weight excluding hydrogens is 179 g/mol. The zero-order valence-corrected chi connectivity index (χ0v) is 7.05. The summed E-state index contributed by atoms with van der Waals surface area (Å²) in [4.78, 5) is 0. The maximum absolute atomic E-state index is 11.5. The second kappa shape index (κ2) is 4.06. The van der Waals surface area contributed by atoms with Gasteiger partial charge in [-0.25, -0.2) is 8.93 Å². The molecule has 0 aliphatic rings. The Kier molecular flexibility index (Phi) is 4.02. The first-order valence-electron chi connectivity index (χ1n) is 3.06. The van der Waals surface area contributed by atoms with Crippen LogP contribution in [0.1, 0.15) is 13.8 Å². The van der Waals surface area contributed by atoms with Gasteiger partial charge in [0.2, 0.25) is 0 Å². The van der Waals surface area contributed by atoms with Crippen molar-refractivity contribution in [3.8, 4) is 0 Å². The van der Waals surface area contributed by atoms with Crippen LogP contribution in [-0.2, 0) is 11.0 Å². The number of hydrogen-bond donors (Lipinski definition) is 1. The summed E-state index contributed by atoms with van der Waals surface area (Å²) in [5.41, 5.74) is -4.64. The first kappa shape index (κ1) is 10.9. The van der Waals surface area contributed by atoms with Gasteiger partial charge in [-0.05, 0) is 5.92 Å². The lowest BCUT2D eigenvalue weighted by molar-refractivity contribution is -0.0394. The highest BCUT2D eigenvalue weighted by molar-refractivity contribution is 7.83. The van der Waals surface area contributed by atoms with Crippen LogP contribution >= 0.6 is 0 Å². The van der Waals surface area contributed by atoms with E-state index in [4.69, 9.17) is 0 Å². The standard InChI is InChI=1S/C5H10F3NOS/c1-4(2)3-9-11(10)5(6,7)8/h4,9H,3H2,1-2H3. The molecule has 1 N–H and O–H groups in total. The molecule has 0 bridgehead atoms. The molecule has 0 heterocycles. The van der Waals surface area contributed by atoms with Gasteiger partial charge in [-0.3, -0.25) is 0 Å². The summed E-state index contributed by atoms with van der Waals surface area (Å²) < 4.78 is 46.7. The van der Waals surface area contributed by atoms with Gasteiger partial charge in [-0.15, -0.1) is 0 Å². The van der Waals surface area contributed by atoms with Gasteiger partial charge in [-0.2, -0.15) is 13.2 Å². The molecule has 6 heteroatoms. The number of hydrogen-bond acceptors (Lipinski definition) is 1. The fourth-order valence-corrected chi connectivity index (χ4v) is 0.973. The van der Waals surface area contributed by atoms with Crippen molar-refractivity contribution < 1.29 is 17.4 Å². The predicted octanol–water partition coefficient (Wildman–Crippen LogP) is 1.42. The van der Waals surface area contributed by atoms with Crippen LogP contribution in [0.25, 0.3) is 0 Å². The van der Waals surface area contributed by atoms with Crippen molar-refractivity contribution in [3.05, 3.63) is 0 Å². The lowest BCUT2D eigenvalue weighted by Crippen LogP contribution is -2.32. The maximum atomic E-state index is 11.5. The first-order chi connectivity index (χ1) is 4.84. The van der Waals surface area contributed by atoms with Crippen molar-refractivity contribution in [3.63, 3.8) is 0 Å². The van der Waals surface area contributed by atoms with Crippen molar-refractivity contribution in [2.75, 3.05) is 6.54 Å². The van der Waals surface area contributed by atoms with Gasteiger partial charge in [-0.1, -0.05) is 13.8 Å². The Morgan fingerprint density at radius 2 is 1.91 bits per heavy atom. The minimum absolute atomic E-state index is 0.0568. The minimum Gasteiger partial charge on any atom is -0.234 e. The zero-order valence-electron chi connectivity index (χ0n) is 6.23. The molecule has 0 amide bonds. The zero-order chi connectivity index (χ0) is 9.07. The second-order valence-electron chi connectivity index (χ2n) is 2.46. The summed E-state index contributed by atoms with van der Waals surface area (Å²) in [5, 5.41) is 0. The van der Waals surface area contributed by atoms with Crippen LogP contribution in [0, 0.1) is 5.92 Å². The van der Waals surface area contributed by atoms with Crippen molar-refractivity contribution in [1.82, 2.24) is 4.72 Å². The normalized spacial score (nSPS) is 15.5. The molecule has 0 aromatic rings. The molecule has 0 saturated heterocycles. The number of nitrogens with one attached hydrogen (secondary N) is 1. The molecular formula is C5H10F3NOS. The molecule has 2 nitrogen and oxygen atoms in total. The molecule has 0 aliphatic heterocycles. The van der Waals surface area contributed by atoms with Crippen LogP contribution in [0.5, 0.6) is 0 Å². The van der Waals surface area contributed by atoms with Crippen molar-refractivity contribution in [2.24, 2.45) is 5.92 Å². The van der Waals surface area contributed by atoms with Gasteiger partial charge >= 0.3 is 5.51 Å². The third kappa shape index (κ3) is 5.20. The van der Waals surface area contributed by atoms with Gasteiger partial charge in [0.1, 0.15) is 0 Å². The lowest BCUT2D eigenvalue weighted by atomic mass is 10.2. The summed E-state index contributed by atoms with van der Waals surface area (Å²) in [5.74, 6) is 0.0568. The summed E-state index contributed by atoms with van der Waals surface area (Å²) in [6.45, 7) is 3.58. The van der Waals surface area contributed by atoms with E-state index in [-0.39, 0.29) is 12.5 Å². The highest BCUT2D eigenvalue weighted by Crippen LogP contribution is 2.17. The van der Waals surface area contributed by atoms with Gasteiger partial charge < -0.3 is 0 Å². The molecule has 68 valence electrons. The minimum atomic E-state index is -4.64. The van der Waals surface area contributed by atoms with Crippen LogP contribution in [0.3, 0.4) is 0 Å². The Morgan fingerprint density at radius 3 is 2.18 bits per heavy atom. The van der Waals surface area contributed by atoms with E-state index in [0.29, 0.717) is 0 Å². The second-order valence-corrected chi connectivity index (χ2v) is 3.75. The Bertz CT molecular complexity index is 145. The Labute approximate surface area is 65.8 Å². The maximum Gasteiger partial charge on any atom is 0.485 e. The largest absolute Gasteiger partial charge is 0.485 e. The number of halogens is 3. The van der Waals surface area contributed by atoms with Crippen molar-refractivity contribution in [1.29, 1.82) is 0 Å². The fraction of sp³-hybridized carbons (Fsp3) is 1.00. The van der Waals surface area contributed by atoms with E-state index >= 15 is 0 Å². The molecule has 0 saturated carbocycles. The monoisotopic (exact) mass is 189 g/mol. The number of rotatable bonds is 3. The topological polar surface area (TPSA) is 29.1 Å². The average molecular weight is 189 g/mol. The molecule has 11 heavy (non-hydrogen) atoms. The van der Waals surface area contributed by atoms with Crippen LogP contribution < -0.4 is 4.72 Å². The quantitative estimate of drug-likeness (QED) is 0.714. The SMILES string of the molecule is CC(C)CNS(=O)C(F)(F)F. The summed E-state index contributed by atoms with van der Waals surface area (Å²) in [7, 11) is -2.91. The van der Waals surface area contributed by atoms with E-state index in [0.717, 1.165) is 0 Å². The Balaban J connectivity index is 3.71. The summed E-state index contributed by atoms with van der Waals surface area (Å²) in [6, 6.07) is 0. The van der Waals surface area contributed by atoms with Gasteiger partial charge in [0.25, 0.3) is 0 Å². The van der Waals surface area contributed by atoms with Gasteiger partial charge in [0, 0.05) is 6.54 Å². The van der Waals surface area contributed by atoms with Crippen LogP contribution in [0.4, 0.5) is 13.2 Å². The molecule has 1 atom stereocenters. The fourth-order valence-electron chi connectivity index (χ4n) is 0.324. The Morgan fingerprint density at radius 1 is 1.45 bits per heavy atom. The van der Waals surface area contributed by atoms with Crippen LogP contribution in [0.15, 0.2) is 0 Å². The lowest BCUT2D eigenvalue weighted by Gasteiger charge is -2.08. The molecule has 0 spiro atoms. The molecule has 1 unspecified atom stereocenters. The van der Waals surface area contributed by atoms with E-state index in [1.807, 2.05) is 4.72 Å². The number of alkyl halides is 3. The third-order valence-corrected chi connectivity index (χ3v) is 1.68. The third-order valence-electron chi connectivity index (χ3n) is 0.833.